The van der Waals surface area contributed by atoms with E-state index in [0.717, 1.165) is 0 Å². The van der Waals surface area contributed by atoms with Crippen LogP contribution in [0.3, 0.4) is 0 Å². The van der Waals surface area contributed by atoms with Gasteiger partial charge < -0.3 is 0 Å². The van der Waals surface area contributed by atoms with Crippen molar-refractivity contribution in [3.63, 3.8) is 0 Å². The number of hydrogen-bond acceptors (Lipinski definition) is 4. The first-order chi connectivity index (χ1) is 7.15. The number of carbonyl (C=O) groups excluding carboxylic acids is 2. The predicted molar refractivity (Wildman–Crippen MR) is 54.2 cm³/mol. The van der Waals surface area contributed by atoms with Crippen molar-refractivity contribution >= 4 is 34.9 Å². The summed E-state index contributed by atoms with van der Waals surface area (Å²) >= 11 is 0.343. The second-order valence-electron chi connectivity index (χ2n) is 2.84. The molecule has 0 heterocycles. The van der Waals surface area contributed by atoms with Gasteiger partial charge in [0.25, 0.3) is 0 Å². The third-order valence-electron chi connectivity index (χ3n) is 1.72. The summed E-state index contributed by atoms with van der Waals surface area (Å²) < 4.78 is 9.58. The van der Waals surface area contributed by atoms with Crippen LogP contribution in [0.25, 0.3) is 0 Å². The van der Waals surface area contributed by atoms with Gasteiger partial charge in [0.05, 0.1) is 0 Å². The normalized spacial score (nSPS) is 11.6. The number of carbonyl (C=O) groups is 2. The minimum absolute atomic E-state index is 0.343. The summed E-state index contributed by atoms with van der Waals surface area (Å²) in [5, 5.41) is 0. The molecule has 0 N–H and O–H groups in total. The molecule has 0 aliphatic heterocycles. The van der Waals surface area contributed by atoms with Gasteiger partial charge in [-0.3, -0.25) is 0 Å². The second kappa shape index (κ2) is 5.75. The molecule has 0 saturated carbocycles. The van der Waals surface area contributed by atoms with Crippen LogP contribution in [0.5, 0.6) is 0 Å². The van der Waals surface area contributed by atoms with Crippen molar-refractivity contribution < 1.29 is 17.4 Å². The maximum absolute atomic E-state index is 11.4. The molecule has 0 aromatic heterocycles. The zero-order valence-corrected chi connectivity index (χ0v) is 11.5. The fourth-order valence-electron chi connectivity index (χ4n) is 1.11. The molecule has 0 bridgehead atoms. The van der Waals surface area contributed by atoms with Crippen LogP contribution in [0, 0.1) is 0 Å². The number of esters is 1. The summed E-state index contributed by atoms with van der Waals surface area (Å²) in [5.41, 5.74) is 0.618. The van der Waals surface area contributed by atoms with E-state index in [4.69, 9.17) is 4.74 Å². The van der Waals surface area contributed by atoms with Crippen molar-refractivity contribution in [2.75, 3.05) is 0 Å². The van der Waals surface area contributed by atoms with Crippen molar-refractivity contribution in [1.29, 1.82) is 0 Å². The molecule has 0 saturated heterocycles. The molecule has 0 fully saturated rings. The van der Waals surface area contributed by atoms with E-state index in [1.165, 1.54) is 6.92 Å². The van der Waals surface area contributed by atoms with E-state index in [1.807, 2.05) is 6.07 Å². The van der Waals surface area contributed by atoms with Gasteiger partial charge in [0, 0.05) is 0 Å². The van der Waals surface area contributed by atoms with E-state index in [2.05, 4.69) is 3.07 Å². The van der Waals surface area contributed by atoms with Crippen molar-refractivity contribution in [2.24, 2.45) is 0 Å². The van der Waals surface area contributed by atoms with Crippen molar-refractivity contribution in [3.05, 3.63) is 35.9 Å². The van der Waals surface area contributed by atoms with E-state index in [-0.39, 0.29) is 0 Å². The van der Waals surface area contributed by atoms with Crippen LogP contribution >= 0.6 is 0 Å². The Hall–Kier alpha value is -1.04. The number of benzene rings is 1. The van der Waals surface area contributed by atoms with Gasteiger partial charge in [-0.25, -0.2) is 0 Å². The number of ether oxygens (including phenoxy) is 1. The first-order valence-corrected chi connectivity index (χ1v) is 5.62. The Balaban J connectivity index is 2.91. The van der Waals surface area contributed by atoms with E-state index in [9.17, 15) is 9.59 Å². The van der Waals surface area contributed by atoms with E-state index in [1.54, 1.807) is 24.3 Å². The fraction of sp³-hybridized carbons (Fsp3) is 0.200. The molecule has 1 rings (SSSR count). The third-order valence-corrected chi connectivity index (χ3v) is 2.38. The second-order valence-corrected chi connectivity index (χ2v) is 3.51. The average molecular weight is 313 g/mol. The molecule has 78 valence electrons. The molecular weight excluding hydrogens is 303 g/mol. The van der Waals surface area contributed by atoms with Crippen LogP contribution in [0.4, 0.5) is 0 Å². The molecule has 5 heteroatoms. The molecule has 1 unspecified atom stereocenters. The number of hydrogen-bond donors (Lipinski definition) is 0. The molecular formula is C10H10O4Sn. The first-order valence-electron chi connectivity index (χ1n) is 4.28. The van der Waals surface area contributed by atoms with Gasteiger partial charge in [0.2, 0.25) is 0 Å². The molecule has 0 amide bonds. The van der Waals surface area contributed by atoms with Gasteiger partial charge in [-0.15, -0.1) is 0 Å². The average Bonchev–Trinajstić information content (AvgIpc) is 2.26. The molecule has 0 spiro atoms. The minimum atomic E-state index is -0.946. The number of rotatable bonds is 3. The quantitative estimate of drug-likeness (QED) is 0.607. The van der Waals surface area contributed by atoms with Crippen molar-refractivity contribution in [2.45, 2.75) is 13.0 Å². The molecule has 0 aliphatic carbocycles. The Morgan fingerprint density at radius 1 is 1.27 bits per heavy atom. The zero-order chi connectivity index (χ0) is 11.3. The third kappa shape index (κ3) is 3.54. The van der Waals surface area contributed by atoms with Crippen LogP contribution in [0.2, 0.25) is 0 Å². The van der Waals surface area contributed by atoms with Crippen molar-refractivity contribution in [1.82, 2.24) is 0 Å². The summed E-state index contributed by atoms with van der Waals surface area (Å²) in [5.74, 6) is -1.03. The van der Waals surface area contributed by atoms with E-state index < -0.39 is 18.0 Å². The molecule has 1 aromatic carbocycles. The molecule has 4 nitrogen and oxygen atoms in total. The Morgan fingerprint density at radius 2 is 1.87 bits per heavy atom. The van der Waals surface area contributed by atoms with Gasteiger partial charge in [0.15, 0.2) is 0 Å². The summed E-state index contributed by atoms with van der Waals surface area (Å²) in [6, 6.07) is 8.78. The van der Waals surface area contributed by atoms with Crippen LogP contribution in [-0.4, -0.2) is 34.9 Å². The fourth-order valence-corrected chi connectivity index (χ4v) is 1.46. The zero-order valence-electron chi connectivity index (χ0n) is 8.17. The van der Waals surface area contributed by atoms with Gasteiger partial charge in [-0.2, -0.15) is 0 Å². The van der Waals surface area contributed by atoms with Crippen LogP contribution in [0.1, 0.15) is 18.6 Å². The maximum atomic E-state index is 11.4. The van der Waals surface area contributed by atoms with Gasteiger partial charge >= 0.3 is 101 Å². The summed E-state index contributed by atoms with van der Waals surface area (Å²) in [7, 11) is 0. The molecule has 15 heavy (non-hydrogen) atoms. The topological polar surface area (TPSA) is 52.6 Å². The predicted octanol–water partition coefficient (Wildman–Crippen LogP) is 0.650. The summed E-state index contributed by atoms with van der Waals surface area (Å²) in [6.45, 7) is 1.26. The molecule has 1 atom stereocenters. The van der Waals surface area contributed by atoms with Crippen LogP contribution in [0.15, 0.2) is 30.3 Å². The summed E-state index contributed by atoms with van der Waals surface area (Å²) in [6.07, 6.45) is -0.946. The van der Waals surface area contributed by atoms with Gasteiger partial charge in [-0.05, 0) is 0 Å². The van der Waals surface area contributed by atoms with Gasteiger partial charge in [0.1, 0.15) is 0 Å². The molecule has 2 radical (unpaired) electrons. The van der Waals surface area contributed by atoms with Crippen LogP contribution in [-0.2, 0) is 17.4 Å². The Morgan fingerprint density at radius 3 is 2.33 bits per heavy atom. The standard InChI is InChI=1S/C10H10O4.Sn.H/c1-7(11)14-9(10(12)13)8-5-3-2-4-6-8;;/h2-6,9H,1H3,(H,12,13);;/q;+1;/p-1. The molecule has 1 aromatic rings. The Labute approximate surface area is 101 Å². The van der Waals surface area contributed by atoms with Crippen LogP contribution < -0.4 is 0 Å². The van der Waals surface area contributed by atoms with E-state index >= 15 is 0 Å². The molecule has 0 aliphatic rings. The Kier molecular flexibility index (Phi) is 4.61. The Bertz CT molecular complexity index is 350. The van der Waals surface area contributed by atoms with Gasteiger partial charge in [-0.1, -0.05) is 0 Å². The first kappa shape index (κ1) is 12.0. The summed E-state index contributed by atoms with van der Waals surface area (Å²) in [4.78, 5) is 22.2. The SMILES string of the molecule is CC(=O)OC(C(=O)[O][SnH])c1ccccc1. The monoisotopic (exact) mass is 314 g/mol. The van der Waals surface area contributed by atoms with E-state index in [0.29, 0.717) is 28.5 Å². The van der Waals surface area contributed by atoms with Crippen molar-refractivity contribution in [3.8, 4) is 0 Å².